The Morgan fingerprint density at radius 3 is 2.84 bits per heavy atom. The Labute approximate surface area is 111 Å². The van der Waals surface area contributed by atoms with E-state index >= 15 is 0 Å². The highest BCUT2D eigenvalue weighted by Gasteiger charge is 2.30. The van der Waals surface area contributed by atoms with Crippen molar-refractivity contribution in [3.63, 3.8) is 0 Å². The van der Waals surface area contributed by atoms with E-state index in [0.717, 1.165) is 19.4 Å². The number of amides is 3. The van der Waals surface area contributed by atoms with Gasteiger partial charge in [0, 0.05) is 19.6 Å². The highest BCUT2D eigenvalue weighted by molar-refractivity contribution is 6.01. The summed E-state index contributed by atoms with van der Waals surface area (Å²) in [7, 11) is 1.40. The first-order chi connectivity index (χ1) is 9.11. The molecule has 0 aromatic rings. The number of methoxy groups -OCH3 is 1. The van der Waals surface area contributed by atoms with Crippen LogP contribution in [0.15, 0.2) is 0 Å². The Kier molecular flexibility index (Phi) is 4.36. The standard InChI is InChI=1S/C12H19N3O4/c1-19-11(17)9-3-2-4-14(8-9)5-6-15-10(16)7-13-12(15)18/h9H,2-8H2,1H3,(H,13,18)/t9-/m0/s1. The molecule has 0 saturated carbocycles. The van der Waals surface area contributed by atoms with Crippen molar-refractivity contribution in [2.24, 2.45) is 5.92 Å². The molecule has 2 rings (SSSR count). The van der Waals surface area contributed by atoms with Crippen LogP contribution >= 0.6 is 0 Å². The Morgan fingerprint density at radius 2 is 2.21 bits per heavy atom. The highest BCUT2D eigenvalue weighted by Crippen LogP contribution is 2.17. The van der Waals surface area contributed by atoms with Crippen molar-refractivity contribution in [2.75, 3.05) is 39.8 Å². The Bertz CT molecular complexity index is 369. The number of carbonyl (C=O) groups is 3. The molecule has 2 saturated heterocycles. The first-order valence-corrected chi connectivity index (χ1v) is 6.50. The molecule has 0 bridgehead atoms. The lowest BCUT2D eigenvalue weighted by Crippen LogP contribution is -2.44. The quantitative estimate of drug-likeness (QED) is 0.546. The van der Waals surface area contributed by atoms with E-state index in [9.17, 15) is 14.4 Å². The summed E-state index contributed by atoms with van der Waals surface area (Å²) in [5.74, 6) is -0.465. The molecule has 0 radical (unpaired) electrons. The molecular weight excluding hydrogens is 250 g/mol. The SMILES string of the molecule is COC(=O)[C@H]1CCCN(CCN2C(=O)CNC2=O)C1. The minimum Gasteiger partial charge on any atom is -0.469 e. The predicted molar refractivity (Wildman–Crippen MR) is 66.3 cm³/mol. The van der Waals surface area contributed by atoms with Gasteiger partial charge < -0.3 is 15.0 Å². The van der Waals surface area contributed by atoms with Crippen LogP contribution in [0, 0.1) is 5.92 Å². The van der Waals surface area contributed by atoms with E-state index in [4.69, 9.17) is 4.74 Å². The molecular formula is C12H19N3O4. The van der Waals surface area contributed by atoms with Crippen LogP contribution in [0.4, 0.5) is 4.79 Å². The molecule has 0 aromatic carbocycles. The van der Waals surface area contributed by atoms with E-state index in [1.54, 1.807) is 0 Å². The number of likely N-dealkylation sites (tertiary alicyclic amines) is 1. The van der Waals surface area contributed by atoms with Gasteiger partial charge in [-0.2, -0.15) is 0 Å². The van der Waals surface area contributed by atoms with E-state index in [-0.39, 0.29) is 30.4 Å². The number of hydrogen-bond donors (Lipinski definition) is 1. The van der Waals surface area contributed by atoms with Gasteiger partial charge >= 0.3 is 12.0 Å². The number of ether oxygens (including phenoxy) is 1. The third kappa shape index (κ3) is 3.23. The summed E-state index contributed by atoms with van der Waals surface area (Å²) < 4.78 is 4.76. The van der Waals surface area contributed by atoms with Gasteiger partial charge in [0.2, 0.25) is 5.91 Å². The van der Waals surface area contributed by atoms with Gasteiger partial charge in [-0.05, 0) is 19.4 Å². The molecule has 3 amide bonds. The van der Waals surface area contributed by atoms with Gasteiger partial charge in [-0.3, -0.25) is 14.5 Å². The molecule has 2 aliphatic rings. The molecule has 2 fully saturated rings. The van der Waals surface area contributed by atoms with Crippen molar-refractivity contribution in [1.82, 2.24) is 15.1 Å². The second-order valence-corrected chi connectivity index (χ2v) is 4.87. The second-order valence-electron chi connectivity index (χ2n) is 4.87. The number of hydrogen-bond acceptors (Lipinski definition) is 5. The zero-order valence-corrected chi connectivity index (χ0v) is 11.1. The van der Waals surface area contributed by atoms with Gasteiger partial charge in [-0.25, -0.2) is 4.79 Å². The van der Waals surface area contributed by atoms with Gasteiger partial charge in [-0.1, -0.05) is 0 Å². The number of piperidine rings is 1. The predicted octanol–water partition coefficient (Wildman–Crippen LogP) is -0.577. The van der Waals surface area contributed by atoms with Crippen LogP contribution in [0.5, 0.6) is 0 Å². The van der Waals surface area contributed by atoms with E-state index in [2.05, 4.69) is 10.2 Å². The van der Waals surface area contributed by atoms with Crippen LogP contribution in [-0.4, -0.2) is 67.5 Å². The van der Waals surface area contributed by atoms with Crippen LogP contribution in [0.3, 0.4) is 0 Å². The fraction of sp³-hybridized carbons (Fsp3) is 0.750. The molecule has 106 valence electrons. The third-order valence-corrected chi connectivity index (χ3v) is 3.62. The minimum absolute atomic E-state index is 0.0869. The Balaban J connectivity index is 1.81. The maximum atomic E-state index is 11.5. The van der Waals surface area contributed by atoms with Gasteiger partial charge in [0.1, 0.15) is 0 Å². The summed E-state index contributed by atoms with van der Waals surface area (Å²) in [4.78, 5) is 37.6. The van der Waals surface area contributed by atoms with Gasteiger partial charge in [0.15, 0.2) is 0 Å². The maximum absolute atomic E-state index is 11.5. The molecule has 2 aliphatic heterocycles. The van der Waals surface area contributed by atoms with Crippen molar-refractivity contribution >= 4 is 17.9 Å². The highest BCUT2D eigenvalue weighted by atomic mass is 16.5. The first-order valence-electron chi connectivity index (χ1n) is 6.50. The molecule has 7 nitrogen and oxygen atoms in total. The molecule has 1 atom stereocenters. The van der Waals surface area contributed by atoms with Crippen LogP contribution in [0.25, 0.3) is 0 Å². The van der Waals surface area contributed by atoms with Gasteiger partial charge in [0.25, 0.3) is 0 Å². The van der Waals surface area contributed by atoms with E-state index < -0.39 is 0 Å². The first kappa shape index (κ1) is 13.8. The number of esters is 1. The Hall–Kier alpha value is -1.63. The zero-order valence-electron chi connectivity index (χ0n) is 11.1. The van der Waals surface area contributed by atoms with Crippen LogP contribution in [-0.2, 0) is 14.3 Å². The van der Waals surface area contributed by atoms with Crippen molar-refractivity contribution in [2.45, 2.75) is 12.8 Å². The second kappa shape index (κ2) is 6.01. The smallest absolute Gasteiger partial charge is 0.324 e. The fourth-order valence-electron chi connectivity index (χ4n) is 2.54. The van der Waals surface area contributed by atoms with E-state index in [1.807, 2.05) is 0 Å². The third-order valence-electron chi connectivity index (χ3n) is 3.62. The van der Waals surface area contributed by atoms with Crippen LogP contribution < -0.4 is 5.32 Å². The molecule has 0 unspecified atom stereocenters. The average molecular weight is 269 g/mol. The largest absolute Gasteiger partial charge is 0.469 e. The summed E-state index contributed by atoms with van der Waals surface area (Å²) in [6, 6.07) is -0.327. The van der Waals surface area contributed by atoms with Crippen molar-refractivity contribution in [3.05, 3.63) is 0 Å². The maximum Gasteiger partial charge on any atom is 0.324 e. The number of nitrogens with zero attached hydrogens (tertiary/aromatic N) is 2. The summed E-state index contributed by atoms with van der Waals surface area (Å²) in [5.41, 5.74) is 0. The number of rotatable bonds is 4. The average Bonchev–Trinajstić information content (AvgIpc) is 2.75. The fourth-order valence-corrected chi connectivity index (χ4v) is 2.54. The van der Waals surface area contributed by atoms with Crippen LogP contribution in [0.2, 0.25) is 0 Å². The summed E-state index contributed by atoms with van der Waals surface area (Å²) in [5, 5.41) is 2.49. The molecule has 1 N–H and O–H groups in total. The van der Waals surface area contributed by atoms with Crippen LogP contribution in [0.1, 0.15) is 12.8 Å². The van der Waals surface area contributed by atoms with E-state index in [1.165, 1.54) is 12.0 Å². The monoisotopic (exact) mass is 269 g/mol. The molecule has 7 heteroatoms. The lowest BCUT2D eigenvalue weighted by molar-refractivity contribution is -0.147. The molecule has 0 aliphatic carbocycles. The van der Waals surface area contributed by atoms with Gasteiger partial charge in [0.05, 0.1) is 19.6 Å². The molecule has 0 spiro atoms. The minimum atomic E-state index is -0.327. The summed E-state index contributed by atoms with van der Waals surface area (Å²) in [6.45, 7) is 2.59. The normalized spacial score (nSPS) is 24.5. The van der Waals surface area contributed by atoms with Crippen molar-refractivity contribution < 1.29 is 19.1 Å². The summed E-state index contributed by atoms with van der Waals surface area (Å²) in [6.07, 6.45) is 1.77. The van der Waals surface area contributed by atoms with Gasteiger partial charge in [-0.15, -0.1) is 0 Å². The number of imide groups is 1. The van der Waals surface area contributed by atoms with Crippen molar-refractivity contribution in [1.29, 1.82) is 0 Å². The lowest BCUT2D eigenvalue weighted by Gasteiger charge is -2.31. The number of carbonyl (C=O) groups excluding carboxylic acids is 3. The molecule has 2 heterocycles. The zero-order chi connectivity index (χ0) is 13.8. The Morgan fingerprint density at radius 1 is 1.42 bits per heavy atom. The topological polar surface area (TPSA) is 79.0 Å². The molecule has 0 aromatic heterocycles. The van der Waals surface area contributed by atoms with Crippen molar-refractivity contribution in [3.8, 4) is 0 Å². The molecule has 19 heavy (non-hydrogen) atoms. The lowest BCUT2D eigenvalue weighted by atomic mass is 9.98. The number of urea groups is 1. The summed E-state index contributed by atoms with van der Waals surface area (Å²) >= 11 is 0. The van der Waals surface area contributed by atoms with E-state index in [0.29, 0.717) is 19.6 Å². The number of nitrogens with one attached hydrogen (secondary N) is 1.